The van der Waals surface area contributed by atoms with Crippen molar-refractivity contribution >= 4 is 5.91 Å². The van der Waals surface area contributed by atoms with E-state index >= 15 is 0 Å². The number of aliphatic hydroxyl groups is 1. The van der Waals surface area contributed by atoms with Gasteiger partial charge in [-0.05, 0) is 25.7 Å². The first-order valence-corrected chi connectivity index (χ1v) is 6.45. The third kappa shape index (κ3) is 2.74. The van der Waals surface area contributed by atoms with Crippen LogP contribution in [0.25, 0.3) is 0 Å². The van der Waals surface area contributed by atoms with Crippen LogP contribution < -0.4 is 5.32 Å². The average Bonchev–Trinajstić information content (AvgIpc) is 2.96. The van der Waals surface area contributed by atoms with Gasteiger partial charge in [0.25, 0.3) is 0 Å². The molecule has 1 amide bonds. The molecule has 2 fully saturated rings. The van der Waals surface area contributed by atoms with Gasteiger partial charge in [0.15, 0.2) is 0 Å². The molecule has 4 heteroatoms. The van der Waals surface area contributed by atoms with Crippen LogP contribution in [-0.2, 0) is 4.79 Å². The van der Waals surface area contributed by atoms with E-state index in [9.17, 15) is 4.79 Å². The first kappa shape index (κ1) is 11.9. The molecule has 0 aromatic heterocycles. The van der Waals surface area contributed by atoms with Gasteiger partial charge in [-0.25, -0.2) is 0 Å². The predicted octanol–water partition coefficient (Wildman–Crippen LogP) is 0.502. The first-order chi connectivity index (χ1) is 7.81. The Balaban J connectivity index is 1.74. The average molecular weight is 226 g/mol. The number of carbonyl (C=O) groups excluding carboxylic acids is 1. The molecule has 0 aromatic rings. The van der Waals surface area contributed by atoms with Crippen LogP contribution in [0.15, 0.2) is 0 Å². The fourth-order valence-electron chi connectivity index (χ4n) is 2.82. The molecule has 16 heavy (non-hydrogen) atoms. The van der Waals surface area contributed by atoms with E-state index in [0.717, 1.165) is 19.4 Å². The molecule has 0 bridgehead atoms. The van der Waals surface area contributed by atoms with Gasteiger partial charge in [0.1, 0.15) is 0 Å². The lowest BCUT2D eigenvalue weighted by Crippen LogP contribution is -2.44. The predicted molar refractivity (Wildman–Crippen MR) is 62.1 cm³/mol. The highest BCUT2D eigenvalue weighted by Gasteiger charge is 2.28. The number of nitrogens with one attached hydrogen (secondary N) is 1. The molecule has 2 aliphatic rings. The van der Waals surface area contributed by atoms with Crippen molar-refractivity contribution in [3.8, 4) is 0 Å². The maximum atomic E-state index is 11.9. The van der Waals surface area contributed by atoms with Gasteiger partial charge in [-0.2, -0.15) is 0 Å². The van der Waals surface area contributed by atoms with Crippen molar-refractivity contribution in [1.29, 1.82) is 0 Å². The highest BCUT2D eigenvalue weighted by atomic mass is 16.3. The summed E-state index contributed by atoms with van der Waals surface area (Å²) < 4.78 is 0. The fraction of sp³-hybridized carbons (Fsp3) is 0.917. The van der Waals surface area contributed by atoms with Gasteiger partial charge in [-0.3, -0.25) is 4.79 Å². The molecule has 0 aromatic carbocycles. The van der Waals surface area contributed by atoms with Crippen LogP contribution in [-0.4, -0.2) is 47.7 Å². The van der Waals surface area contributed by atoms with Crippen molar-refractivity contribution in [1.82, 2.24) is 10.2 Å². The summed E-state index contributed by atoms with van der Waals surface area (Å²) in [6.07, 6.45) is 6.96. The van der Waals surface area contributed by atoms with E-state index in [2.05, 4.69) is 5.32 Å². The van der Waals surface area contributed by atoms with Crippen LogP contribution in [0.1, 0.15) is 38.5 Å². The molecular formula is C12H22N2O2. The number of carbonyl (C=O) groups is 1. The maximum Gasteiger partial charge on any atom is 0.236 e. The summed E-state index contributed by atoms with van der Waals surface area (Å²) in [6.45, 7) is 1.37. The number of aliphatic hydroxyl groups excluding tert-OH is 1. The van der Waals surface area contributed by atoms with Gasteiger partial charge in [0.05, 0.1) is 19.2 Å². The summed E-state index contributed by atoms with van der Waals surface area (Å²) >= 11 is 0. The van der Waals surface area contributed by atoms with E-state index in [-0.39, 0.29) is 18.6 Å². The standard InChI is InChI=1S/C12H22N2O2/c15-9-11-6-3-7-14(11)12(16)8-13-10-4-1-2-5-10/h10-11,13,15H,1-9H2/t11-/m1/s1. The minimum absolute atomic E-state index is 0.0675. The van der Waals surface area contributed by atoms with Crippen molar-refractivity contribution in [2.24, 2.45) is 0 Å². The van der Waals surface area contributed by atoms with Crippen LogP contribution in [0.3, 0.4) is 0 Å². The Kier molecular flexibility index (Phi) is 4.18. The van der Waals surface area contributed by atoms with Crippen LogP contribution in [0.5, 0.6) is 0 Å². The number of likely N-dealkylation sites (tertiary alicyclic amines) is 1. The van der Waals surface area contributed by atoms with Gasteiger partial charge in [-0.15, -0.1) is 0 Å². The lowest BCUT2D eigenvalue weighted by molar-refractivity contribution is -0.131. The topological polar surface area (TPSA) is 52.6 Å². The maximum absolute atomic E-state index is 11.9. The minimum atomic E-state index is 0.0675. The molecule has 0 radical (unpaired) electrons. The Labute approximate surface area is 97.0 Å². The Bertz CT molecular complexity index is 239. The van der Waals surface area contributed by atoms with Crippen molar-refractivity contribution in [2.75, 3.05) is 19.7 Å². The molecule has 1 aliphatic heterocycles. The lowest BCUT2D eigenvalue weighted by atomic mass is 10.2. The summed E-state index contributed by atoms with van der Waals surface area (Å²) in [5.41, 5.74) is 0. The molecule has 0 unspecified atom stereocenters. The second-order valence-corrected chi connectivity index (χ2v) is 4.93. The van der Waals surface area contributed by atoms with Gasteiger partial charge < -0.3 is 15.3 Å². The second kappa shape index (κ2) is 5.64. The Morgan fingerprint density at radius 1 is 1.25 bits per heavy atom. The van der Waals surface area contributed by atoms with E-state index < -0.39 is 0 Å². The molecule has 92 valence electrons. The number of hydrogen-bond acceptors (Lipinski definition) is 3. The summed E-state index contributed by atoms with van der Waals surface area (Å²) in [5.74, 6) is 0.156. The molecule has 1 aliphatic carbocycles. The highest BCUT2D eigenvalue weighted by molar-refractivity contribution is 5.78. The van der Waals surface area contributed by atoms with Gasteiger partial charge in [0, 0.05) is 12.6 Å². The van der Waals surface area contributed by atoms with E-state index in [0.29, 0.717) is 12.6 Å². The van der Waals surface area contributed by atoms with Crippen molar-refractivity contribution in [3.63, 3.8) is 0 Å². The number of hydrogen-bond donors (Lipinski definition) is 2. The first-order valence-electron chi connectivity index (χ1n) is 6.45. The molecule has 4 nitrogen and oxygen atoms in total. The molecule has 2 N–H and O–H groups in total. The third-order valence-corrected chi connectivity index (χ3v) is 3.81. The van der Waals surface area contributed by atoms with E-state index in [1.54, 1.807) is 0 Å². The molecule has 1 saturated heterocycles. The zero-order chi connectivity index (χ0) is 11.4. The molecule has 0 spiro atoms. The SMILES string of the molecule is O=C(CNC1CCCC1)N1CCC[C@@H]1CO. The van der Waals surface area contributed by atoms with E-state index in [1.165, 1.54) is 25.7 Å². The van der Waals surface area contributed by atoms with Crippen molar-refractivity contribution in [2.45, 2.75) is 50.6 Å². The largest absolute Gasteiger partial charge is 0.394 e. The Morgan fingerprint density at radius 2 is 2.00 bits per heavy atom. The van der Waals surface area contributed by atoms with E-state index in [1.807, 2.05) is 4.90 Å². The zero-order valence-electron chi connectivity index (χ0n) is 9.82. The molecule has 1 saturated carbocycles. The number of rotatable bonds is 4. The normalized spacial score (nSPS) is 26.6. The minimum Gasteiger partial charge on any atom is -0.394 e. The Morgan fingerprint density at radius 3 is 2.69 bits per heavy atom. The lowest BCUT2D eigenvalue weighted by Gasteiger charge is -2.24. The monoisotopic (exact) mass is 226 g/mol. The van der Waals surface area contributed by atoms with Crippen molar-refractivity contribution in [3.05, 3.63) is 0 Å². The van der Waals surface area contributed by atoms with Crippen LogP contribution in [0.4, 0.5) is 0 Å². The second-order valence-electron chi connectivity index (χ2n) is 4.93. The number of amides is 1. The van der Waals surface area contributed by atoms with Gasteiger partial charge in [-0.1, -0.05) is 12.8 Å². The van der Waals surface area contributed by atoms with Crippen LogP contribution >= 0.6 is 0 Å². The Hall–Kier alpha value is -0.610. The summed E-state index contributed by atoms with van der Waals surface area (Å²) in [5, 5.41) is 12.5. The molecule has 1 heterocycles. The summed E-state index contributed by atoms with van der Waals surface area (Å²) in [7, 11) is 0. The van der Waals surface area contributed by atoms with Crippen LogP contribution in [0.2, 0.25) is 0 Å². The van der Waals surface area contributed by atoms with Gasteiger partial charge >= 0.3 is 0 Å². The van der Waals surface area contributed by atoms with Crippen molar-refractivity contribution < 1.29 is 9.90 Å². The van der Waals surface area contributed by atoms with Gasteiger partial charge in [0.2, 0.25) is 5.91 Å². The molecule has 2 rings (SSSR count). The smallest absolute Gasteiger partial charge is 0.236 e. The molecule has 1 atom stereocenters. The number of nitrogens with zero attached hydrogens (tertiary/aromatic N) is 1. The van der Waals surface area contributed by atoms with E-state index in [4.69, 9.17) is 5.11 Å². The summed E-state index contributed by atoms with van der Waals surface area (Å²) in [4.78, 5) is 13.8. The van der Waals surface area contributed by atoms with Crippen LogP contribution in [0, 0.1) is 0 Å². The third-order valence-electron chi connectivity index (χ3n) is 3.81. The molecular weight excluding hydrogens is 204 g/mol. The fourth-order valence-corrected chi connectivity index (χ4v) is 2.82. The highest BCUT2D eigenvalue weighted by Crippen LogP contribution is 2.19. The zero-order valence-corrected chi connectivity index (χ0v) is 9.82. The summed E-state index contributed by atoms with van der Waals surface area (Å²) in [6, 6.07) is 0.608. The quantitative estimate of drug-likeness (QED) is 0.734.